The first-order valence-electron chi connectivity index (χ1n) is 11.1. The average Bonchev–Trinajstić information content (AvgIpc) is 3.05. The highest BCUT2D eigenvalue weighted by molar-refractivity contribution is 6.00. The van der Waals surface area contributed by atoms with Crippen LogP contribution in [0.1, 0.15) is 84.3 Å². The van der Waals surface area contributed by atoms with Crippen LogP contribution in [0.25, 0.3) is 5.69 Å². The smallest absolute Gasteiger partial charge is 0.165 e. The molecule has 1 saturated carbocycles. The molecule has 162 valence electrons. The quantitative estimate of drug-likeness (QED) is 0.691. The number of nitrogens with two attached hydrogens (primary N) is 1. The minimum absolute atomic E-state index is 0.0292. The second kappa shape index (κ2) is 9.17. The third kappa shape index (κ3) is 4.51. The van der Waals surface area contributed by atoms with E-state index in [-0.39, 0.29) is 11.2 Å². The summed E-state index contributed by atoms with van der Waals surface area (Å²) < 4.78 is 2.16. The van der Waals surface area contributed by atoms with Crippen LogP contribution >= 0.6 is 0 Å². The van der Waals surface area contributed by atoms with Crippen molar-refractivity contribution in [3.05, 3.63) is 46.8 Å². The van der Waals surface area contributed by atoms with Gasteiger partial charge in [-0.2, -0.15) is 0 Å². The highest BCUT2D eigenvalue weighted by Crippen LogP contribution is 2.38. The molecule has 0 atom stereocenters. The lowest BCUT2D eigenvalue weighted by Crippen LogP contribution is -2.28. The zero-order chi connectivity index (χ0) is 21.9. The van der Waals surface area contributed by atoms with Gasteiger partial charge in [-0.05, 0) is 62.4 Å². The number of fused-ring (bicyclic) bond motifs is 1. The highest BCUT2D eigenvalue weighted by atomic mass is 16.1. The van der Waals surface area contributed by atoms with Crippen LogP contribution in [0.5, 0.6) is 0 Å². The van der Waals surface area contributed by atoms with Gasteiger partial charge in [-0.25, -0.2) is 0 Å². The number of aldehydes is 1. The molecule has 1 fully saturated rings. The van der Waals surface area contributed by atoms with E-state index in [1.807, 2.05) is 19.1 Å². The van der Waals surface area contributed by atoms with E-state index in [4.69, 9.17) is 0 Å². The number of carbonyl (C=O) groups is 2. The van der Waals surface area contributed by atoms with E-state index >= 15 is 0 Å². The van der Waals surface area contributed by atoms with E-state index in [0.717, 1.165) is 53.7 Å². The Morgan fingerprint density at radius 3 is 2.50 bits per heavy atom. The highest BCUT2D eigenvalue weighted by Gasteiger charge is 2.34. The Morgan fingerprint density at radius 2 is 1.83 bits per heavy atom. The van der Waals surface area contributed by atoms with Crippen molar-refractivity contribution in [1.29, 1.82) is 0 Å². The molecule has 0 amide bonds. The molecule has 2 aliphatic carbocycles. The summed E-state index contributed by atoms with van der Waals surface area (Å²) in [4.78, 5) is 24.3. The maximum atomic E-state index is 12.7. The van der Waals surface area contributed by atoms with Gasteiger partial charge in [-0.1, -0.05) is 33.1 Å². The van der Waals surface area contributed by atoms with Gasteiger partial charge < -0.3 is 15.6 Å². The van der Waals surface area contributed by atoms with Crippen LogP contribution in [0.4, 0.5) is 5.69 Å². The van der Waals surface area contributed by atoms with E-state index in [1.54, 1.807) is 0 Å². The second-order valence-corrected chi connectivity index (χ2v) is 9.31. The van der Waals surface area contributed by atoms with Crippen LogP contribution in [0, 0.1) is 12.3 Å². The molecule has 2 aliphatic rings. The topological polar surface area (TPSA) is 77.1 Å². The maximum absolute atomic E-state index is 12.7. The van der Waals surface area contributed by atoms with Crippen molar-refractivity contribution in [2.75, 3.05) is 12.4 Å². The van der Waals surface area contributed by atoms with Gasteiger partial charge in [0, 0.05) is 46.9 Å². The zero-order valence-electron chi connectivity index (χ0n) is 18.8. The van der Waals surface area contributed by atoms with Gasteiger partial charge in [0.2, 0.25) is 0 Å². The molecule has 0 spiro atoms. The molecule has 0 bridgehead atoms. The number of carbonyl (C=O) groups excluding carboxylic acids is 2. The van der Waals surface area contributed by atoms with Gasteiger partial charge in [-0.15, -0.1) is 0 Å². The van der Waals surface area contributed by atoms with E-state index in [0.29, 0.717) is 18.0 Å². The summed E-state index contributed by atoms with van der Waals surface area (Å²) in [6.07, 6.45) is 10.6. The van der Waals surface area contributed by atoms with Crippen LogP contribution in [-0.2, 0) is 6.42 Å². The van der Waals surface area contributed by atoms with E-state index in [1.165, 1.54) is 26.3 Å². The number of hydrogen-bond donors (Lipinski definition) is 2. The molecule has 5 heteroatoms. The summed E-state index contributed by atoms with van der Waals surface area (Å²) in [7, 11) is 1.50. The van der Waals surface area contributed by atoms with Gasteiger partial charge in [0.05, 0.1) is 0 Å². The normalized spacial score (nSPS) is 18.2. The fourth-order valence-electron chi connectivity index (χ4n) is 4.90. The number of aromatic nitrogens is 1. The molecule has 3 N–H and O–H groups in total. The van der Waals surface area contributed by atoms with Crippen LogP contribution in [0.15, 0.2) is 24.4 Å². The van der Waals surface area contributed by atoms with Crippen molar-refractivity contribution >= 4 is 17.8 Å². The fraction of sp³-hybridized carbons (Fsp3) is 0.520. The number of anilines is 1. The van der Waals surface area contributed by atoms with Crippen LogP contribution in [0.3, 0.4) is 0 Å². The van der Waals surface area contributed by atoms with Crippen molar-refractivity contribution in [3.8, 4) is 5.69 Å². The van der Waals surface area contributed by atoms with Crippen LogP contribution in [0.2, 0.25) is 0 Å². The molecule has 5 nitrogen and oxygen atoms in total. The van der Waals surface area contributed by atoms with E-state index in [2.05, 4.69) is 41.7 Å². The molecule has 1 heterocycles. The molecule has 0 radical (unpaired) electrons. The first-order valence-corrected chi connectivity index (χ1v) is 11.1. The number of Topliss-reactive ketones (excluding diaryl/α,β-unsaturated/α-hetero) is 1. The Labute approximate surface area is 180 Å². The lowest BCUT2D eigenvalue weighted by Gasteiger charge is -2.30. The SMILES string of the molecule is CN.Cc1cn(-c2ccc(C=O)c(NC3CCCCC3)c2)c2c1C(=O)CC(C)(C)C2. The van der Waals surface area contributed by atoms with Gasteiger partial charge in [-0.3, -0.25) is 9.59 Å². The summed E-state index contributed by atoms with van der Waals surface area (Å²) in [6, 6.07) is 6.39. The minimum Gasteiger partial charge on any atom is -0.382 e. The molecule has 1 aromatic carbocycles. The Morgan fingerprint density at radius 1 is 1.13 bits per heavy atom. The number of aryl methyl sites for hydroxylation is 1. The van der Waals surface area contributed by atoms with Crippen molar-refractivity contribution < 1.29 is 9.59 Å². The third-order valence-corrected chi connectivity index (χ3v) is 6.27. The van der Waals surface area contributed by atoms with Crippen LogP contribution < -0.4 is 11.1 Å². The summed E-state index contributed by atoms with van der Waals surface area (Å²) in [6.45, 7) is 6.34. The standard InChI is InChI=1S/C24H30N2O2.CH5N/c1-16-14-26(21-12-24(2,3)13-22(28)23(16)21)19-10-9-17(15-27)20(11-19)25-18-7-5-4-6-8-18;1-2/h9-11,14-15,18,25H,4-8,12-13H2,1-3H3;2H2,1H3. The Hall–Kier alpha value is -2.40. The minimum atomic E-state index is -0.0292. The summed E-state index contributed by atoms with van der Waals surface area (Å²) in [5.41, 5.74) is 10.1. The molecule has 4 rings (SSSR count). The van der Waals surface area contributed by atoms with Gasteiger partial charge in [0.25, 0.3) is 0 Å². The number of nitrogens with zero attached hydrogens (tertiary/aromatic N) is 1. The Bertz CT molecular complexity index is 921. The molecule has 0 aliphatic heterocycles. The van der Waals surface area contributed by atoms with Crippen molar-refractivity contribution in [2.24, 2.45) is 11.1 Å². The van der Waals surface area contributed by atoms with Gasteiger partial charge in [0.15, 0.2) is 12.1 Å². The van der Waals surface area contributed by atoms with Crippen LogP contribution in [-0.4, -0.2) is 29.7 Å². The number of rotatable bonds is 4. The third-order valence-electron chi connectivity index (χ3n) is 6.27. The predicted molar refractivity (Wildman–Crippen MR) is 123 cm³/mol. The van der Waals surface area contributed by atoms with E-state index < -0.39 is 0 Å². The molecule has 30 heavy (non-hydrogen) atoms. The average molecular weight is 410 g/mol. The number of benzene rings is 1. The summed E-state index contributed by atoms with van der Waals surface area (Å²) >= 11 is 0. The maximum Gasteiger partial charge on any atom is 0.165 e. The predicted octanol–water partition coefficient (Wildman–Crippen LogP) is 5.07. The zero-order valence-corrected chi connectivity index (χ0v) is 18.8. The molecule has 0 unspecified atom stereocenters. The molecule has 2 aromatic rings. The van der Waals surface area contributed by atoms with E-state index in [9.17, 15) is 9.59 Å². The molecular formula is C25H35N3O2. The first-order chi connectivity index (χ1) is 14.4. The van der Waals surface area contributed by atoms with Gasteiger partial charge >= 0.3 is 0 Å². The number of hydrogen-bond acceptors (Lipinski definition) is 4. The lowest BCUT2D eigenvalue weighted by molar-refractivity contribution is 0.0910. The Balaban J connectivity index is 0.00000124. The molecule has 0 saturated heterocycles. The summed E-state index contributed by atoms with van der Waals surface area (Å²) in [5.74, 6) is 0.243. The fourth-order valence-corrected chi connectivity index (χ4v) is 4.90. The summed E-state index contributed by atoms with van der Waals surface area (Å²) in [5, 5.41) is 3.61. The van der Waals surface area contributed by atoms with Crippen molar-refractivity contribution in [3.63, 3.8) is 0 Å². The van der Waals surface area contributed by atoms with Gasteiger partial charge in [0.1, 0.15) is 0 Å². The lowest BCUT2D eigenvalue weighted by atomic mass is 9.75. The molecule has 1 aromatic heterocycles. The van der Waals surface area contributed by atoms with Crippen molar-refractivity contribution in [1.82, 2.24) is 4.57 Å². The Kier molecular flexibility index (Phi) is 6.81. The first kappa shape index (κ1) is 22.3. The number of ketones is 1. The largest absolute Gasteiger partial charge is 0.382 e. The monoisotopic (exact) mass is 409 g/mol. The molecular weight excluding hydrogens is 374 g/mol. The number of nitrogens with one attached hydrogen (secondary N) is 1. The van der Waals surface area contributed by atoms with Crippen molar-refractivity contribution in [2.45, 2.75) is 71.8 Å². The second-order valence-electron chi connectivity index (χ2n) is 9.31.